The zero-order valence-corrected chi connectivity index (χ0v) is 13.6. The predicted octanol–water partition coefficient (Wildman–Crippen LogP) is 1.33. The number of aliphatic hydroxyl groups excluding tert-OH is 1. The lowest BCUT2D eigenvalue weighted by molar-refractivity contribution is 0.0927. The number of hydrogen-bond donors (Lipinski definition) is 3. The number of aryl methyl sites for hydroxylation is 1. The molecule has 106 valence electrons. The normalized spacial score (nSPS) is 21.8. The zero-order chi connectivity index (χ0) is 13.1. The van der Waals surface area contributed by atoms with Crippen LogP contribution < -0.4 is 10.6 Å². The van der Waals surface area contributed by atoms with Gasteiger partial charge in [0.25, 0.3) is 5.91 Å². The monoisotopic (exact) mass is 396 g/mol. The topological polar surface area (TPSA) is 61.4 Å². The lowest BCUT2D eigenvalue weighted by atomic mass is 10.1. The molecule has 4 nitrogen and oxygen atoms in total. The lowest BCUT2D eigenvalue weighted by Crippen LogP contribution is -2.34. The maximum atomic E-state index is 12.0. The number of halogens is 2. The zero-order valence-electron chi connectivity index (χ0n) is 10.6. The minimum atomic E-state index is -0.358. The molecular weight excluding hydrogens is 379 g/mol. The third-order valence-corrected chi connectivity index (χ3v) is 4.43. The number of amides is 1. The van der Waals surface area contributed by atoms with Crippen LogP contribution in [0.3, 0.4) is 0 Å². The molecule has 2 unspecified atom stereocenters. The highest BCUT2D eigenvalue weighted by Gasteiger charge is 2.25. The molecule has 1 fully saturated rings. The molecule has 0 aromatic heterocycles. The lowest BCUT2D eigenvalue weighted by Gasteiger charge is -2.14. The van der Waals surface area contributed by atoms with E-state index >= 15 is 0 Å². The van der Waals surface area contributed by atoms with Crippen molar-refractivity contribution in [3.05, 3.63) is 32.9 Å². The van der Waals surface area contributed by atoms with Gasteiger partial charge in [0.15, 0.2) is 0 Å². The Morgan fingerprint density at radius 2 is 2.26 bits per heavy atom. The summed E-state index contributed by atoms with van der Waals surface area (Å²) in [5.41, 5.74) is 1.84. The maximum absolute atomic E-state index is 12.0. The van der Waals surface area contributed by atoms with Crippen molar-refractivity contribution in [2.75, 3.05) is 19.6 Å². The third-order valence-electron chi connectivity index (χ3n) is 3.26. The Kier molecular flexibility index (Phi) is 6.52. The maximum Gasteiger partial charge on any atom is 0.251 e. The predicted molar refractivity (Wildman–Crippen MR) is 85.8 cm³/mol. The van der Waals surface area contributed by atoms with Crippen molar-refractivity contribution in [1.82, 2.24) is 10.6 Å². The van der Waals surface area contributed by atoms with Crippen LogP contribution in [0.4, 0.5) is 0 Å². The van der Waals surface area contributed by atoms with E-state index in [0.29, 0.717) is 18.7 Å². The molecule has 0 bridgehead atoms. The fraction of sp³-hybridized carbons (Fsp3) is 0.462. The first kappa shape index (κ1) is 16.7. The third kappa shape index (κ3) is 4.30. The summed E-state index contributed by atoms with van der Waals surface area (Å²) in [4.78, 5) is 12.0. The van der Waals surface area contributed by atoms with E-state index in [-0.39, 0.29) is 30.3 Å². The number of β-amino-alcohol motifs (C(OH)–C–C–N with tert-alkyl or cyclic N) is 1. The molecule has 2 rings (SSSR count). The summed E-state index contributed by atoms with van der Waals surface area (Å²) < 4.78 is 1.09. The first-order valence-electron chi connectivity index (χ1n) is 6.01. The summed E-state index contributed by atoms with van der Waals surface area (Å²) in [7, 11) is 0. The van der Waals surface area contributed by atoms with Gasteiger partial charge in [-0.3, -0.25) is 4.79 Å². The Labute approximate surface area is 132 Å². The molecule has 0 aliphatic carbocycles. The molecule has 0 radical (unpaired) electrons. The minimum Gasteiger partial charge on any atom is -0.391 e. The Balaban J connectivity index is 0.00000180. The van der Waals surface area contributed by atoms with E-state index in [9.17, 15) is 9.90 Å². The van der Waals surface area contributed by atoms with Crippen molar-refractivity contribution in [2.45, 2.75) is 13.0 Å². The van der Waals surface area contributed by atoms with Gasteiger partial charge in [0.1, 0.15) is 0 Å². The van der Waals surface area contributed by atoms with Gasteiger partial charge in [0.05, 0.1) is 6.10 Å². The molecule has 1 heterocycles. The molecule has 6 heteroatoms. The summed E-state index contributed by atoms with van der Waals surface area (Å²) in [5, 5.41) is 15.6. The smallest absolute Gasteiger partial charge is 0.251 e. The number of aliphatic hydroxyl groups is 1. The van der Waals surface area contributed by atoms with Crippen LogP contribution in [0.1, 0.15) is 15.9 Å². The average molecular weight is 397 g/mol. The molecule has 1 amide bonds. The summed E-state index contributed by atoms with van der Waals surface area (Å²) in [6.07, 6.45) is -0.358. The van der Waals surface area contributed by atoms with E-state index in [1.165, 1.54) is 5.56 Å². The van der Waals surface area contributed by atoms with Crippen LogP contribution in [0.15, 0.2) is 18.2 Å². The van der Waals surface area contributed by atoms with E-state index < -0.39 is 0 Å². The Bertz CT molecular complexity index is 456. The SMILES string of the molecule is Cc1ccc(C(=O)NCC2CNCC2O)cc1I.Cl. The molecule has 1 aromatic rings. The number of benzene rings is 1. The van der Waals surface area contributed by atoms with Gasteiger partial charge < -0.3 is 15.7 Å². The molecule has 1 aromatic carbocycles. The van der Waals surface area contributed by atoms with Crippen LogP contribution >= 0.6 is 35.0 Å². The van der Waals surface area contributed by atoms with E-state index in [2.05, 4.69) is 33.2 Å². The number of carbonyl (C=O) groups excluding carboxylic acids is 1. The second-order valence-electron chi connectivity index (χ2n) is 4.66. The number of hydrogen-bond acceptors (Lipinski definition) is 3. The van der Waals surface area contributed by atoms with Crippen molar-refractivity contribution in [3.8, 4) is 0 Å². The van der Waals surface area contributed by atoms with E-state index in [1.807, 2.05) is 25.1 Å². The highest BCUT2D eigenvalue weighted by molar-refractivity contribution is 14.1. The molecule has 2 atom stereocenters. The molecule has 3 N–H and O–H groups in total. The van der Waals surface area contributed by atoms with Gasteiger partial charge in [0, 0.05) is 34.7 Å². The summed E-state index contributed by atoms with van der Waals surface area (Å²) in [6, 6.07) is 5.66. The summed E-state index contributed by atoms with van der Waals surface area (Å²) in [6.45, 7) is 3.90. The standard InChI is InChI=1S/C13H17IN2O2.ClH/c1-8-2-3-9(4-11(8)14)13(18)16-6-10-5-15-7-12(10)17;/h2-4,10,12,15,17H,5-7H2,1H3,(H,16,18);1H. The molecule has 1 aliphatic heterocycles. The van der Waals surface area contributed by atoms with Gasteiger partial charge in [0.2, 0.25) is 0 Å². The highest BCUT2D eigenvalue weighted by Crippen LogP contribution is 2.14. The molecule has 1 aliphatic rings. The highest BCUT2D eigenvalue weighted by atomic mass is 127. The first-order chi connectivity index (χ1) is 8.58. The second-order valence-corrected chi connectivity index (χ2v) is 5.82. The molecule has 19 heavy (non-hydrogen) atoms. The van der Waals surface area contributed by atoms with Crippen LogP contribution in [0.25, 0.3) is 0 Å². The van der Waals surface area contributed by atoms with Gasteiger partial charge in [-0.1, -0.05) is 6.07 Å². The van der Waals surface area contributed by atoms with E-state index in [1.54, 1.807) is 0 Å². The van der Waals surface area contributed by atoms with Crippen LogP contribution in [-0.4, -0.2) is 36.8 Å². The fourth-order valence-electron chi connectivity index (χ4n) is 1.99. The minimum absolute atomic E-state index is 0. The van der Waals surface area contributed by atoms with Crippen molar-refractivity contribution in [2.24, 2.45) is 5.92 Å². The number of nitrogens with one attached hydrogen (secondary N) is 2. The molecule has 1 saturated heterocycles. The van der Waals surface area contributed by atoms with Crippen molar-refractivity contribution in [3.63, 3.8) is 0 Å². The van der Waals surface area contributed by atoms with Gasteiger partial charge in [-0.15, -0.1) is 12.4 Å². The molecule has 0 saturated carbocycles. The quantitative estimate of drug-likeness (QED) is 0.676. The van der Waals surface area contributed by atoms with Crippen LogP contribution in [0.2, 0.25) is 0 Å². The molecule has 0 spiro atoms. The Hall–Kier alpha value is -0.370. The van der Waals surface area contributed by atoms with Gasteiger partial charge >= 0.3 is 0 Å². The number of carbonyl (C=O) groups is 1. The summed E-state index contributed by atoms with van der Waals surface area (Å²) >= 11 is 2.22. The second kappa shape index (κ2) is 7.42. The summed E-state index contributed by atoms with van der Waals surface area (Å²) in [5.74, 6) is 0.0329. The number of rotatable bonds is 3. The largest absolute Gasteiger partial charge is 0.391 e. The van der Waals surface area contributed by atoms with Crippen molar-refractivity contribution < 1.29 is 9.90 Å². The van der Waals surface area contributed by atoms with Crippen LogP contribution in [-0.2, 0) is 0 Å². The van der Waals surface area contributed by atoms with Crippen molar-refractivity contribution >= 4 is 40.9 Å². The van der Waals surface area contributed by atoms with Gasteiger partial charge in [-0.2, -0.15) is 0 Å². The Morgan fingerprint density at radius 1 is 1.53 bits per heavy atom. The molecular formula is C13H18ClIN2O2. The van der Waals surface area contributed by atoms with E-state index in [4.69, 9.17) is 0 Å². The van der Waals surface area contributed by atoms with E-state index in [0.717, 1.165) is 10.1 Å². The van der Waals surface area contributed by atoms with Gasteiger partial charge in [-0.05, 0) is 47.2 Å². The van der Waals surface area contributed by atoms with Crippen LogP contribution in [0, 0.1) is 16.4 Å². The van der Waals surface area contributed by atoms with Crippen molar-refractivity contribution in [1.29, 1.82) is 0 Å². The van der Waals surface area contributed by atoms with Gasteiger partial charge in [-0.25, -0.2) is 0 Å². The average Bonchev–Trinajstić information content (AvgIpc) is 2.75. The first-order valence-corrected chi connectivity index (χ1v) is 7.09. The Morgan fingerprint density at radius 3 is 2.84 bits per heavy atom. The van der Waals surface area contributed by atoms with Crippen LogP contribution in [0.5, 0.6) is 0 Å². The fourth-order valence-corrected chi connectivity index (χ4v) is 2.50.